The second-order valence-electron chi connectivity index (χ2n) is 6.80. The molecule has 1 saturated heterocycles. The van der Waals surface area contributed by atoms with E-state index in [2.05, 4.69) is 27.2 Å². The zero-order valence-corrected chi connectivity index (χ0v) is 14.7. The van der Waals surface area contributed by atoms with Crippen LogP contribution < -0.4 is 5.32 Å². The van der Waals surface area contributed by atoms with Gasteiger partial charge in [0.15, 0.2) is 0 Å². The number of hydrogen-bond acceptors (Lipinski definition) is 3. The molecule has 1 fully saturated rings. The molecule has 1 aliphatic rings. The molecule has 4 nitrogen and oxygen atoms in total. The first-order valence-corrected chi connectivity index (χ1v) is 8.89. The Kier molecular flexibility index (Phi) is 7.56. The van der Waals surface area contributed by atoms with E-state index >= 15 is 0 Å². The average molecular weight is 317 g/mol. The number of carbonyl (C=O) groups is 1. The monoisotopic (exact) mass is 317 g/mol. The van der Waals surface area contributed by atoms with E-state index in [-0.39, 0.29) is 5.91 Å². The van der Waals surface area contributed by atoms with E-state index in [9.17, 15) is 4.79 Å². The Labute approximate surface area is 140 Å². The second kappa shape index (κ2) is 9.68. The zero-order chi connectivity index (χ0) is 16.5. The first-order valence-electron chi connectivity index (χ1n) is 8.89. The van der Waals surface area contributed by atoms with Crippen molar-refractivity contribution >= 4 is 5.91 Å². The van der Waals surface area contributed by atoms with Gasteiger partial charge in [0, 0.05) is 18.7 Å². The third-order valence-electron chi connectivity index (χ3n) is 4.39. The lowest BCUT2D eigenvalue weighted by Crippen LogP contribution is -2.27. The Morgan fingerprint density at radius 2 is 1.74 bits per heavy atom. The molecule has 1 heterocycles. The quantitative estimate of drug-likeness (QED) is 0.786. The number of carbonyl (C=O) groups excluding carboxylic acids is 1. The van der Waals surface area contributed by atoms with Gasteiger partial charge in [0.05, 0.1) is 0 Å². The summed E-state index contributed by atoms with van der Waals surface area (Å²) in [4.78, 5) is 16.8. The summed E-state index contributed by atoms with van der Waals surface area (Å²) >= 11 is 0. The molecule has 4 heteroatoms. The maximum absolute atomic E-state index is 12.1. The van der Waals surface area contributed by atoms with Gasteiger partial charge in [-0.25, -0.2) is 0 Å². The van der Waals surface area contributed by atoms with Gasteiger partial charge in [0.1, 0.15) is 0 Å². The van der Waals surface area contributed by atoms with Crippen LogP contribution in [0.2, 0.25) is 0 Å². The van der Waals surface area contributed by atoms with Crippen molar-refractivity contribution in [2.75, 3.05) is 40.3 Å². The molecule has 1 N–H and O–H groups in total. The molecule has 2 rings (SSSR count). The highest BCUT2D eigenvalue weighted by molar-refractivity contribution is 5.94. The normalized spacial score (nSPS) is 16.3. The van der Waals surface area contributed by atoms with E-state index in [4.69, 9.17) is 0 Å². The first kappa shape index (κ1) is 18.0. The maximum Gasteiger partial charge on any atom is 0.251 e. The predicted molar refractivity (Wildman–Crippen MR) is 95.7 cm³/mol. The van der Waals surface area contributed by atoms with Crippen molar-refractivity contribution in [2.24, 2.45) is 0 Å². The molecular weight excluding hydrogens is 286 g/mol. The van der Waals surface area contributed by atoms with Crippen LogP contribution in [-0.4, -0.2) is 56.0 Å². The summed E-state index contributed by atoms with van der Waals surface area (Å²) in [6.45, 7) is 5.13. The van der Waals surface area contributed by atoms with Crippen LogP contribution in [0.25, 0.3) is 0 Å². The minimum absolute atomic E-state index is 0.0325. The summed E-state index contributed by atoms with van der Waals surface area (Å²) < 4.78 is 0. The van der Waals surface area contributed by atoms with E-state index in [0.717, 1.165) is 31.6 Å². The number of nitrogens with one attached hydrogen (secondary N) is 1. The average Bonchev–Trinajstić information content (AvgIpc) is 2.80. The lowest BCUT2D eigenvalue weighted by Gasteiger charge is -2.19. The second-order valence-corrected chi connectivity index (χ2v) is 6.80. The minimum atomic E-state index is 0.0325. The van der Waals surface area contributed by atoms with Crippen LogP contribution in [0, 0.1) is 0 Å². The van der Waals surface area contributed by atoms with Crippen molar-refractivity contribution in [3.8, 4) is 0 Å². The molecule has 1 amide bonds. The Morgan fingerprint density at radius 3 is 2.35 bits per heavy atom. The fraction of sp³-hybridized carbons (Fsp3) is 0.632. The van der Waals surface area contributed by atoms with Gasteiger partial charge in [-0.15, -0.1) is 0 Å². The summed E-state index contributed by atoms with van der Waals surface area (Å²) in [5, 5.41) is 2.99. The van der Waals surface area contributed by atoms with Gasteiger partial charge in [-0.2, -0.15) is 0 Å². The summed E-state index contributed by atoms with van der Waals surface area (Å²) in [6.07, 6.45) is 6.33. The van der Waals surface area contributed by atoms with E-state index in [0.29, 0.717) is 0 Å². The summed E-state index contributed by atoms with van der Waals surface area (Å²) in [7, 11) is 4.09. The van der Waals surface area contributed by atoms with Gasteiger partial charge in [-0.1, -0.05) is 25.0 Å². The molecule has 1 aromatic carbocycles. The summed E-state index contributed by atoms with van der Waals surface area (Å²) in [5.74, 6) is 0.0325. The Morgan fingerprint density at radius 1 is 1.09 bits per heavy atom. The Balaban J connectivity index is 1.77. The van der Waals surface area contributed by atoms with E-state index < -0.39 is 0 Å². The third kappa shape index (κ3) is 6.71. The van der Waals surface area contributed by atoms with E-state index in [1.165, 1.54) is 44.3 Å². The van der Waals surface area contributed by atoms with Gasteiger partial charge < -0.3 is 10.2 Å². The third-order valence-corrected chi connectivity index (χ3v) is 4.39. The van der Waals surface area contributed by atoms with Crippen LogP contribution in [0.1, 0.15) is 48.0 Å². The lowest BCUT2D eigenvalue weighted by molar-refractivity contribution is 0.0952. The highest BCUT2D eigenvalue weighted by Crippen LogP contribution is 2.13. The predicted octanol–water partition coefficient (Wildman–Crippen LogP) is 2.74. The van der Waals surface area contributed by atoms with Crippen LogP contribution in [0.5, 0.6) is 0 Å². The Bertz CT molecular complexity index is 462. The fourth-order valence-corrected chi connectivity index (χ4v) is 3.01. The molecule has 23 heavy (non-hydrogen) atoms. The largest absolute Gasteiger partial charge is 0.352 e. The van der Waals surface area contributed by atoms with Crippen LogP contribution >= 0.6 is 0 Å². The number of benzene rings is 1. The Hall–Kier alpha value is -1.39. The molecule has 0 radical (unpaired) electrons. The molecule has 1 aromatic rings. The van der Waals surface area contributed by atoms with Crippen molar-refractivity contribution in [2.45, 2.75) is 38.6 Å². The minimum Gasteiger partial charge on any atom is -0.352 e. The molecule has 0 saturated carbocycles. The summed E-state index contributed by atoms with van der Waals surface area (Å²) in [5.41, 5.74) is 2.06. The molecule has 0 atom stereocenters. The van der Waals surface area contributed by atoms with E-state index in [1.54, 1.807) is 0 Å². The highest BCUT2D eigenvalue weighted by Gasteiger charge is 2.10. The van der Waals surface area contributed by atoms with Gasteiger partial charge in [-0.05, 0) is 70.7 Å². The molecule has 128 valence electrons. The zero-order valence-electron chi connectivity index (χ0n) is 14.7. The van der Waals surface area contributed by atoms with Crippen molar-refractivity contribution < 1.29 is 4.79 Å². The van der Waals surface area contributed by atoms with Crippen LogP contribution in [-0.2, 0) is 6.54 Å². The first-order chi connectivity index (χ1) is 11.1. The van der Waals surface area contributed by atoms with Gasteiger partial charge in [0.2, 0.25) is 0 Å². The topological polar surface area (TPSA) is 35.6 Å². The molecule has 0 aromatic heterocycles. The SMILES string of the molecule is CN(C)CCCNC(=O)c1ccc(CN2CCCCCC2)cc1. The lowest BCUT2D eigenvalue weighted by atomic mass is 10.1. The highest BCUT2D eigenvalue weighted by atomic mass is 16.1. The molecule has 0 unspecified atom stereocenters. The molecule has 0 spiro atoms. The fourth-order valence-electron chi connectivity index (χ4n) is 3.01. The van der Waals surface area contributed by atoms with Crippen molar-refractivity contribution in [1.82, 2.24) is 15.1 Å². The number of rotatable bonds is 7. The van der Waals surface area contributed by atoms with Crippen LogP contribution in [0.15, 0.2) is 24.3 Å². The standard InChI is InChI=1S/C19H31N3O/c1-21(2)13-7-12-20-19(23)18-10-8-17(9-11-18)16-22-14-5-3-4-6-15-22/h8-11H,3-7,12-16H2,1-2H3,(H,20,23). The molecule has 1 aliphatic heterocycles. The van der Waals surface area contributed by atoms with Crippen molar-refractivity contribution in [1.29, 1.82) is 0 Å². The number of hydrogen-bond donors (Lipinski definition) is 1. The van der Waals surface area contributed by atoms with Gasteiger partial charge in [0.25, 0.3) is 5.91 Å². The van der Waals surface area contributed by atoms with Crippen LogP contribution in [0.4, 0.5) is 0 Å². The van der Waals surface area contributed by atoms with Gasteiger partial charge >= 0.3 is 0 Å². The number of likely N-dealkylation sites (tertiary alicyclic amines) is 1. The molecular formula is C19H31N3O. The van der Waals surface area contributed by atoms with Crippen molar-refractivity contribution in [3.05, 3.63) is 35.4 Å². The number of nitrogens with zero attached hydrogens (tertiary/aromatic N) is 2. The van der Waals surface area contributed by atoms with Crippen LogP contribution in [0.3, 0.4) is 0 Å². The maximum atomic E-state index is 12.1. The molecule has 0 aliphatic carbocycles. The molecule has 0 bridgehead atoms. The smallest absolute Gasteiger partial charge is 0.251 e. The number of amides is 1. The van der Waals surface area contributed by atoms with E-state index in [1.807, 2.05) is 26.2 Å². The van der Waals surface area contributed by atoms with Crippen molar-refractivity contribution in [3.63, 3.8) is 0 Å². The summed E-state index contributed by atoms with van der Waals surface area (Å²) in [6, 6.07) is 8.10. The van der Waals surface area contributed by atoms with Gasteiger partial charge in [-0.3, -0.25) is 9.69 Å².